The van der Waals surface area contributed by atoms with E-state index in [1.54, 1.807) is 152 Å². The van der Waals surface area contributed by atoms with Gasteiger partial charge in [-0.05, 0) is 263 Å². The number of Topliss-reactive ketones (excluding diaryl/α,β-unsaturated/α-hetero) is 1. The summed E-state index contributed by atoms with van der Waals surface area (Å²) in [7, 11) is 0. The van der Waals surface area contributed by atoms with Crippen molar-refractivity contribution in [2.24, 2.45) is 4.99 Å². The number of nitrogens with zero attached hydrogens (tertiary/aromatic N) is 3. The second-order valence-corrected chi connectivity index (χ2v) is 34.9. The predicted molar refractivity (Wildman–Crippen MR) is 576 cm³/mol. The number of halogens is 6. The zero-order valence-electron chi connectivity index (χ0n) is 79.5. The quantitative estimate of drug-likeness (QED) is 0.00504. The number of aromatic nitrogens is 1. The minimum Gasteiger partial charge on any atom is -0.508 e. The average molecular weight is 2090 g/mol. The van der Waals surface area contributed by atoms with Gasteiger partial charge in [-0.25, -0.2) is 9.78 Å². The minimum absolute atomic E-state index is 0.0147. The summed E-state index contributed by atoms with van der Waals surface area (Å²) in [6.45, 7) is 12.2. The smallest absolute Gasteiger partial charge is 0.370 e. The van der Waals surface area contributed by atoms with Crippen LogP contribution < -0.4 is 5.32 Å². The van der Waals surface area contributed by atoms with Crippen molar-refractivity contribution >= 4 is 173 Å². The number of phenols is 2. The molecule has 0 saturated carbocycles. The summed E-state index contributed by atoms with van der Waals surface area (Å²) in [5.74, 6) is -11.1. The number of aliphatic hydroxyl groups excluding tert-OH is 2. The van der Waals surface area contributed by atoms with Crippen LogP contribution in [0, 0.1) is 51.7 Å². The van der Waals surface area contributed by atoms with E-state index in [9.17, 15) is 82.5 Å². The lowest BCUT2D eigenvalue weighted by Crippen LogP contribution is -2.36. The summed E-state index contributed by atoms with van der Waals surface area (Å²) in [4.78, 5) is 127. The number of rotatable bonds is 28. The monoisotopic (exact) mass is 2090 g/mol. The highest BCUT2D eigenvalue weighted by Crippen LogP contribution is 2.34. The summed E-state index contributed by atoms with van der Waals surface area (Å²) in [6.07, 6.45) is 17.0. The lowest BCUT2D eigenvalue weighted by atomic mass is 9.97. The highest BCUT2D eigenvalue weighted by molar-refractivity contribution is 9.10. The van der Waals surface area contributed by atoms with Gasteiger partial charge in [0.05, 0.1) is 38.7 Å². The number of phenolic OH excluding ortho intramolecular Hbond substituents is 2. The van der Waals surface area contributed by atoms with Crippen LogP contribution in [0.2, 0.25) is 15.1 Å². The number of carbonyl (C=O) groups is 9. The predicted octanol–water partition coefficient (Wildman–Crippen LogP) is 29.4. The molecule has 0 aliphatic heterocycles. The van der Waals surface area contributed by atoms with E-state index in [0.29, 0.717) is 72.7 Å². The van der Waals surface area contributed by atoms with Gasteiger partial charge in [0.15, 0.2) is 34.5 Å². The Morgan fingerprint density at radius 3 is 1.60 bits per heavy atom. The summed E-state index contributed by atoms with van der Waals surface area (Å²) in [5, 5.41) is 62.2. The molecule has 0 atom stereocenters. The molecule has 738 valence electrons. The van der Waals surface area contributed by atoms with Gasteiger partial charge < -0.3 is 39.7 Å². The SMILES string of the molecule is Cc1cc(C)c2oc(-c3ccc(C)c(N=C/C=C/c4ccc(Br)c(C)c4)c3)nc2c1.Cc1ccc(C(=O)/C=C/c2ccc(/C=C/C(=O)c3ccc(O)cc3)cc2)cc1.Cc1ccc(C(=O)Nc2ccccc2C(=O)O)cc1.O=C(/C=C/c1ccccc1[N+](=O)[O-])c1ccco1.O=C(C=C(O)c1ccccc1)C(F)(F)C(=O)C=C(O)c1ccccc1.O=C(Cc1cc(Cl)ccc1O)c1ccc(Cl)c(C(=O)c2ccc(Cl)cc2)c1. The van der Waals surface area contributed by atoms with Gasteiger partial charge in [0.1, 0.15) is 28.5 Å². The van der Waals surface area contributed by atoms with Gasteiger partial charge >= 0.3 is 11.9 Å². The third-order valence-electron chi connectivity index (χ3n) is 21.7. The van der Waals surface area contributed by atoms with Crippen LogP contribution in [0.1, 0.15) is 151 Å². The number of anilines is 1. The Morgan fingerprint density at radius 2 is 1.02 bits per heavy atom. The van der Waals surface area contributed by atoms with Crippen LogP contribution >= 0.6 is 50.7 Å². The molecule has 0 radical (unpaired) electrons. The van der Waals surface area contributed by atoms with Crippen molar-refractivity contribution in [3.8, 4) is 23.0 Å². The summed E-state index contributed by atoms with van der Waals surface area (Å²) < 4.78 is 40.0. The number of para-hydroxylation sites is 2. The Bertz CT molecular complexity index is 7580. The maximum atomic E-state index is 14.0. The molecule has 0 aliphatic carbocycles. The number of hydrogen-bond donors (Lipinski definition) is 6. The topological polar surface area (TPSA) is 361 Å². The number of carboxylic acid groups (broad SMARTS) is 1. The summed E-state index contributed by atoms with van der Waals surface area (Å²) in [5.41, 5.74) is 17.3. The fourth-order valence-corrected chi connectivity index (χ4v) is 14.5. The van der Waals surface area contributed by atoms with Gasteiger partial charge in [-0.3, -0.25) is 53.5 Å². The Morgan fingerprint density at radius 1 is 0.483 bits per heavy atom. The van der Waals surface area contributed by atoms with E-state index in [0.717, 1.165) is 65.8 Å². The number of nitro groups is 1. The van der Waals surface area contributed by atoms with Crippen LogP contribution in [0.3, 0.4) is 0 Å². The van der Waals surface area contributed by atoms with Crippen LogP contribution in [-0.4, -0.2) is 99.9 Å². The number of aliphatic hydroxyl groups is 2. The van der Waals surface area contributed by atoms with Crippen LogP contribution in [-0.2, 0) is 16.0 Å². The van der Waals surface area contributed by atoms with E-state index in [2.05, 4.69) is 90.3 Å². The molecule has 0 aliphatic rings. The number of allylic oxidation sites excluding steroid dienone is 6. The van der Waals surface area contributed by atoms with E-state index in [4.69, 9.17) is 53.7 Å². The number of ketones is 7. The van der Waals surface area contributed by atoms with E-state index in [1.165, 1.54) is 121 Å². The second kappa shape index (κ2) is 52.9. The van der Waals surface area contributed by atoms with Gasteiger partial charge in [-0.1, -0.05) is 250 Å². The lowest BCUT2D eigenvalue weighted by molar-refractivity contribution is -0.385. The first kappa shape index (κ1) is 110. The Balaban J connectivity index is 0.000000169. The molecule has 6 N–H and O–H groups in total. The summed E-state index contributed by atoms with van der Waals surface area (Å²) in [6, 6.07) is 91.0. The standard InChI is InChI=1S/C26H23BrN2O.C25H20O3.C21H13Cl3O3.C19H14F2O4.C15H13NO3.C13H9NO4/c1-16-12-19(4)25-24(13-16)29-26(30-25)21-9-7-17(2)23(15-21)28-11-5-6-20-8-10-22(27)18(3)14-20;1-18-2-10-21(11-3-18)24(27)16-8-19-4-6-20(7-5-19)9-17-25(28)22-12-14-23(26)15-13-22;22-15-4-1-12(2-5-15)21(27)17-10-13(3-7-18(17)24)20(26)11-14-9-16(23)6-8-19(14)25;20-19(21,17(24)11-15(22)13-7-3-1-4-8-13)18(25)12-16(23)14-9-5-2-6-10-14;1-10-6-8-11(9-7-10)14(17)16-13-5-3-2-4-12(13)15(18)19;15-12(13-6-3-9-18-13)8-7-10-4-1-2-5-11(10)14(16)17/h5-15H,1-4H3;2-17,26H,1H3;1-10,25H,11H2;1-12,22-23H;2-9H,1H3,(H,16,17)(H,18,19);1-9H/b6-5+,28-11?;16-8+,17-9+;;;;8-7+. The molecule has 147 heavy (non-hydrogen) atoms. The Kier molecular flexibility index (Phi) is 39.5. The van der Waals surface area contributed by atoms with Gasteiger partial charge in [0, 0.05) is 101 Å². The number of oxazole rings is 1. The Labute approximate surface area is 867 Å². The molecule has 0 unspecified atom stereocenters. The molecule has 16 rings (SSSR count). The highest BCUT2D eigenvalue weighted by Gasteiger charge is 2.45. The molecule has 28 heteroatoms. The van der Waals surface area contributed by atoms with Gasteiger partial charge in [0.2, 0.25) is 23.2 Å². The fraction of sp³-hybridized carbons (Fsp3) is 0.0672. The number of aliphatic imine (C=N–C) groups is 1. The van der Waals surface area contributed by atoms with E-state index < -0.39 is 39.9 Å². The first-order valence-corrected chi connectivity index (χ1v) is 46.8. The Hall–Kier alpha value is -17.6. The second-order valence-electron chi connectivity index (χ2n) is 32.7. The molecule has 0 fully saturated rings. The molecule has 14 aromatic carbocycles. The fourth-order valence-electron chi connectivity index (χ4n) is 13.7. The number of alkyl halides is 2. The molecule has 2 aromatic heterocycles. The van der Waals surface area contributed by atoms with Gasteiger partial charge in [-0.15, -0.1) is 0 Å². The molecule has 22 nitrogen and oxygen atoms in total. The highest BCUT2D eigenvalue weighted by atomic mass is 79.9. The first-order valence-electron chi connectivity index (χ1n) is 44.9. The van der Waals surface area contributed by atoms with Crippen molar-refractivity contribution in [1.29, 1.82) is 0 Å². The number of hydrogen-bond acceptors (Lipinski definition) is 19. The van der Waals surface area contributed by atoms with Crippen molar-refractivity contribution in [2.75, 3.05) is 5.32 Å². The molecule has 16 aromatic rings. The van der Waals surface area contributed by atoms with Crippen molar-refractivity contribution in [3.63, 3.8) is 0 Å². The molecule has 0 spiro atoms. The lowest BCUT2D eigenvalue weighted by Gasteiger charge is -2.10. The van der Waals surface area contributed by atoms with Crippen molar-refractivity contribution < 1.29 is 91.2 Å². The number of amides is 1. The zero-order valence-corrected chi connectivity index (χ0v) is 83.3. The number of carboxylic acids is 1. The van der Waals surface area contributed by atoms with Crippen LogP contribution in [0.5, 0.6) is 11.5 Å². The van der Waals surface area contributed by atoms with E-state index in [-0.39, 0.29) is 91.5 Å². The minimum atomic E-state index is -4.41. The molecular formula is C119H92BrCl3F2N4O18. The largest absolute Gasteiger partial charge is 0.508 e. The number of furan rings is 1. The maximum absolute atomic E-state index is 14.0. The normalized spacial score (nSPS) is 11.3. The molecule has 2 heterocycles. The van der Waals surface area contributed by atoms with Crippen LogP contribution in [0.4, 0.5) is 25.8 Å². The van der Waals surface area contributed by atoms with Crippen LogP contribution in [0.25, 0.3) is 58.4 Å². The molecule has 0 saturated heterocycles. The molecular weight excluding hydrogens is 2000 g/mol. The van der Waals surface area contributed by atoms with E-state index >= 15 is 0 Å². The number of aromatic carboxylic acids is 1. The van der Waals surface area contributed by atoms with Crippen molar-refractivity contribution in [3.05, 3.63) is 517 Å². The molecule has 0 bridgehead atoms. The number of carbonyl (C=O) groups excluding carboxylic acids is 8. The van der Waals surface area contributed by atoms with Gasteiger partial charge in [-0.2, -0.15) is 8.78 Å². The van der Waals surface area contributed by atoms with E-state index in [1.807, 2.05) is 105 Å². The number of aryl methyl sites for hydroxylation is 6. The maximum Gasteiger partial charge on any atom is 0.370 e. The average Bonchev–Trinajstić information content (AvgIpc) is 1.63. The molecule has 1 amide bonds. The van der Waals surface area contributed by atoms with Crippen molar-refractivity contribution in [1.82, 2.24) is 4.98 Å². The third kappa shape index (κ3) is 32.4. The first-order chi connectivity index (χ1) is 70.3. The number of nitro benzene ring substituents is 1. The number of aromatic hydroxyl groups is 2. The zero-order chi connectivity index (χ0) is 106. The van der Waals surface area contributed by atoms with Gasteiger partial charge in [0.25, 0.3) is 11.6 Å². The van der Waals surface area contributed by atoms with Crippen molar-refractivity contribution in [2.45, 2.75) is 53.9 Å². The van der Waals surface area contributed by atoms with Crippen LogP contribution in [0.15, 0.2) is 389 Å². The summed E-state index contributed by atoms with van der Waals surface area (Å²) >= 11 is 21.5. The number of fused-ring (bicyclic) bond motifs is 1. The number of benzene rings is 14. The third-order valence-corrected chi connectivity index (χ3v) is 23.4. The number of nitrogens with one attached hydrogen (secondary N) is 1.